The number of benzene rings is 1. The van der Waals surface area contributed by atoms with Crippen molar-refractivity contribution in [1.82, 2.24) is 0 Å². The van der Waals surface area contributed by atoms with Crippen LogP contribution in [0, 0.1) is 11.8 Å². The summed E-state index contributed by atoms with van der Waals surface area (Å²) in [6, 6.07) is 10.2. The highest BCUT2D eigenvalue weighted by atomic mass is 16.5. The quantitative estimate of drug-likeness (QED) is 0.719. The maximum absolute atomic E-state index is 9.16. The molecule has 1 aromatic carbocycles. The largest absolute Gasteiger partial charge is 0.396 e. The molecule has 0 heterocycles. The fourth-order valence-corrected chi connectivity index (χ4v) is 1.63. The van der Waals surface area contributed by atoms with E-state index in [4.69, 9.17) is 9.84 Å². The van der Waals surface area contributed by atoms with Crippen molar-refractivity contribution in [3.63, 3.8) is 0 Å². The lowest BCUT2D eigenvalue weighted by atomic mass is 9.94. The Morgan fingerprint density at radius 3 is 2.44 bits per heavy atom. The third-order valence-electron chi connectivity index (χ3n) is 2.92. The summed E-state index contributed by atoms with van der Waals surface area (Å²) in [5, 5.41) is 9.16. The Morgan fingerprint density at radius 2 is 1.88 bits per heavy atom. The van der Waals surface area contributed by atoms with Gasteiger partial charge in [0.1, 0.15) is 0 Å². The van der Waals surface area contributed by atoms with E-state index >= 15 is 0 Å². The second-order valence-corrected chi connectivity index (χ2v) is 4.51. The van der Waals surface area contributed by atoms with Gasteiger partial charge in [0.25, 0.3) is 0 Å². The first-order valence-corrected chi connectivity index (χ1v) is 5.96. The van der Waals surface area contributed by atoms with Crippen LogP contribution in [0.2, 0.25) is 0 Å². The average molecular weight is 222 g/mol. The van der Waals surface area contributed by atoms with Gasteiger partial charge in [-0.25, -0.2) is 0 Å². The number of aliphatic hydroxyl groups excluding tert-OH is 1. The SMILES string of the molecule is CC(C)[C@H](CO)CCOCc1ccccc1. The van der Waals surface area contributed by atoms with E-state index in [9.17, 15) is 0 Å². The Kier molecular flexibility index (Phi) is 6.12. The molecule has 0 aliphatic carbocycles. The third kappa shape index (κ3) is 4.77. The highest BCUT2D eigenvalue weighted by molar-refractivity contribution is 5.13. The first-order chi connectivity index (χ1) is 7.74. The first kappa shape index (κ1) is 13.2. The lowest BCUT2D eigenvalue weighted by molar-refractivity contribution is 0.0841. The molecule has 0 spiro atoms. The molecule has 0 bridgehead atoms. The number of ether oxygens (including phenoxy) is 1. The van der Waals surface area contributed by atoms with Crippen LogP contribution in [-0.2, 0) is 11.3 Å². The van der Waals surface area contributed by atoms with Gasteiger partial charge in [0.2, 0.25) is 0 Å². The Morgan fingerprint density at radius 1 is 1.19 bits per heavy atom. The van der Waals surface area contributed by atoms with Crippen LogP contribution >= 0.6 is 0 Å². The molecule has 0 unspecified atom stereocenters. The van der Waals surface area contributed by atoms with Gasteiger partial charge < -0.3 is 9.84 Å². The van der Waals surface area contributed by atoms with Gasteiger partial charge in [-0.05, 0) is 23.8 Å². The van der Waals surface area contributed by atoms with Crippen molar-refractivity contribution in [2.24, 2.45) is 11.8 Å². The number of hydrogen-bond acceptors (Lipinski definition) is 2. The van der Waals surface area contributed by atoms with Gasteiger partial charge in [-0.3, -0.25) is 0 Å². The number of aliphatic hydroxyl groups is 1. The minimum atomic E-state index is 0.256. The lowest BCUT2D eigenvalue weighted by Gasteiger charge is -2.17. The topological polar surface area (TPSA) is 29.5 Å². The summed E-state index contributed by atoms with van der Waals surface area (Å²) in [7, 11) is 0. The van der Waals surface area contributed by atoms with Crippen molar-refractivity contribution in [1.29, 1.82) is 0 Å². The minimum absolute atomic E-state index is 0.256. The molecule has 90 valence electrons. The van der Waals surface area contributed by atoms with Crippen LogP contribution in [0.15, 0.2) is 30.3 Å². The van der Waals surface area contributed by atoms with Crippen LogP contribution in [0.1, 0.15) is 25.8 Å². The van der Waals surface area contributed by atoms with E-state index in [0.717, 1.165) is 13.0 Å². The van der Waals surface area contributed by atoms with Crippen molar-refractivity contribution in [3.05, 3.63) is 35.9 Å². The van der Waals surface area contributed by atoms with Crippen LogP contribution in [0.3, 0.4) is 0 Å². The van der Waals surface area contributed by atoms with Gasteiger partial charge in [0.05, 0.1) is 6.61 Å². The molecular formula is C14H22O2. The van der Waals surface area contributed by atoms with Crippen LogP contribution in [-0.4, -0.2) is 18.3 Å². The second kappa shape index (κ2) is 7.42. The Balaban J connectivity index is 2.16. The molecule has 0 aromatic heterocycles. The van der Waals surface area contributed by atoms with Gasteiger partial charge >= 0.3 is 0 Å². The zero-order valence-corrected chi connectivity index (χ0v) is 10.2. The molecule has 1 atom stereocenters. The lowest BCUT2D eigenvalue weighted by Crippen LogP contribution is -2.15. The van der Waals surface area contributed by atoms with E-state index < -0.39 is 0 Å². The molecule has 2 nitrogen and oxygen atoms in total. The molecule has 1 aromatic rings. The predicted molar refractivity (Wildman–Crippen MR) is 66.1 cm³/mol. The smallest absolute Gasteiger partial charge is 0.0716 e. The van der Waals surface area contributed by atoms with Crippen LogP contribution < -0.4 is 0 Å². The van der Waals surface area contributed by atoms with Crippen molar-refractivity contribution < 1.29 is 9.84 Å². The fourth-order valence-electron chi connectivity index (χ4n) is 1.63. The molecule has 2 heteroatoms. The summed E-state index contributed by atoms with van der Waals surface area (Å²) in [5.41, 5.74) is 1.20. The molecule has 16 heavy (non-hydrogen) atoms. The number of hydrogen-bond donors (Lipinski definition) is 1. The van der Waals surface area contributed by atoms with Crippen LogP contribution in [0.25, 0.3) is 0 Å². The summed E-state index contributed by atoms with van der Waals surface area (Å²) in [4.78, 5) is 0. The van der Waals surface area contributed by atoms with Crippen molar-refractivity contribution in [2.45, 2.75) is 26.9 Å². The normalized spacial score (nSPS) is 13.0. The van der Waals surface area contributed by atoms with Gasteiger partial charge in [0, 0.05) is 13.2 Å². The third-order valence-corrected chi connectivity index (χ3v) is 2.92. The highest BCUT2D eigenvalue weighted by Gasteiger charge is 2.11. The molecular weight excluding hydrogens is 200 g/mol. The maximum atomic E-state index is 9.16. The van der Waals surface area contributed by atoms with Crippen LogP contribution in [0.4, 0.5) is 0 Å². The van der Waals surface area contributed by atoms with Gasteiger partial charge in [-0.15, -0.1) is 0 Å². The molecule has 0 amide bonds. The van der Waals surface area contributed by atoms with Crippen LogP contribution in [0.5, 0.6) is 0 Å². The number of rotatable bonds is 7. The molecule has 0 aliphatic rings. The maximum Gasteiger partial charge on any atom is 0.0716 e. The van der Waals surface area contributed by atoms with Crippen molar-refractivity contribution >= 4 is 0 Å². The summed E-state index contributed by atoms with van der Waals surface area (Å²) >= 11 is 0. The molecule has 0 radical (unpaired) electrons. The molecule has 0 fully saturated rings. The Labute approximate surface area is 98.3 Å². The molecule has 1 rings (SSSR count). The Hall–Kier alpha value is -0.860. The minimum Gasteiger partial charge on any atom is -0.396 e. The molecule has 1 N–H and O–H groups in total. The fraction of sp³-hybridized carbons (Fsp3) is 0.571. The van der Waals surface area contributed by atoms with Crippen molar-refractivity contribution in [2.75, 3.05) is 13.2 Å². The van der Waals surface area contributed by atoms with E-state index in [2.05, 4.69) is 26.0 Å². The zero-order chi connectivity index (χ0) is 11.8. The summed E-state index contributed by atoms with van der Waals surface area (Å²) in [5.74, 6) is 0.876. The zero-order valence-electron chi connectivity index (χ0n) is 10.2. The standard InChI is InChI=1S/C14H22O2/c1-12(2)14(10-15)8-9-16-11-13-6-4-3-5-7-13/h3-7,12,14-15H,8-11H2,1-2H3/t14-/m0/s1. The first-order valence-electron chi connectivity index (χ1n) is 5.96. The van der Waals surface area contributed by atoms with Gasteiger partial charge in [-0.1, -0.05) is 44.2 Å². The van der Waals surface area contributed by atoms with Gasteiger partial charge in [0.15, 0.2) is 0 Å². The van der Waals surface area contributed by atoms with E-state index in [0.29, 0.717) is 18.4 Å². The van der Waals surface area contributed by atoms with E-state index in [1.807, 2.05) is 18.2 Å². The van der Waals surface area contributed by atoms with E-state index in [-0.39, 0.29) is 6.61 Å². The Bertz CT molecular complexity index is 269. The molecule has 0 saturated carbocycles. The monoisotopic (exact) mass is 222 g/mol. The summed E-state index contributed by atoms with van der Waals surface area (Å²) in [6.07, 6.45) is 0.932. The highest BCUT2D eigenvalue weighted by Crippen LogP contribution is 2.14. The van der Waals surface area contributed by atoms with E-state index in [1.165, 1.54) is 5.56 Å². The molecule has 0 saturated heterocycles. The molecule has 0 aliphatic heterocycles. The van der Waals surface area contributed by atoms with E-state index in [1.54, 1.807) is 0 Å². The van der Waals surface area contributed by atoms with Gasteiger partial charge in [-0.2, -0.15) is 0 Å². The summed E-state index contributed by atoms with van der Waals surface area (Å²) in [6.45, 7) is 5.91. The second-order valence-electron chi connectivity index (χ2n) is 4.51. The predicted octanol–water partition coefficient (Wildman–Crippen LogP) is 2.86. The van der Waals surface area contributed by atoms with Crippen molar-refractivity contribution in [3.8, 4) is 0 Å². The average Bonchev–Trinajstić information content (AvgIpc) is 2.30. The summed E-state index contributed by atoms with van der Waals surface area (Å²) < 4.78 is 5.59.